The summed E-state index contributed by atoms with van der Waals surface area (Å²) in [7, 11) is 0. The van der Waals surface area contributed by atoms with Gasteiger partial charge in [-0.1, -0.05) is 0 Å². The van der Waals surface area contributed by atoms with Crippen molar-refractivity contribution in [2.45, 2.75) is 0 Å². The predicted molar refractivity (Wildman–Crippen MR) is 36.4 cm³/mol. The largest absolute Gasteiger partial charge is 0.336 e. The fourth-order valence-corrected chi connectivity index (χ4v) is 0.762. The Morgan fingerprint density at radius 2 is 2.45 bits per heavy atom. The smallest absolute Gasteiger partial charge is 0.198 e. The van der Waals surface area contributed by atoms with Gasteiger partial charge in [-0.2, -0.15) is 0 Å². The third-order valence-electron chi connectivity index (χ3n) is 1.25. The normalized spacial score (nSPS) is 9.82. The van der Waals surface area contributed by atoms with E-state index >= 15 is 0 Å². The molecule has 0 aliphatic carbocycles. The molecule has 4 nitrogen and oxygen atoms in total. The first-order valence-electron chi connectivity index (χ1n) is 3.07. The van der Waals surface area contributed by atoms with Crippen LogP contribution in [0.15, 0.2) is 29.0 Å². The number of rotatable bonds is 1. The van der Waals surface area contributed by atoms with Crippen LogP contribution in [0.25, 0.3) is 11.3 Å². The zero-order valence-electron chi connectivity index (χ0n) is 5.56. The number of hydrogen-bond acceptors (Lipinski definition) is 4. The van der Waals surface area contributed by atoms with Crippen LogP contribution in [-0.4, -0.2) is 15.4 Å². The molecule has 53 valence electrons. The zero-order valence-corrected chi connectivity index (χ0v) is 5.56. The zero-order chi connectivity index (χ0) is 7.52. The van der Waals surface area contributed by atoms with Gasteiger partial charge in [0.15, 0.2) is 12.0 Å². The highest BCUT2D eigenvalue weighted by Crippen LogP contribution is 2.13. The Balaban J connectivity index is 2.46. The van der Waals surface area contributed by atoms with Crippen LogP contribution in [0.4, 0.5) is 0 Å². The van der Waals surface area contributed by atoms with Crippen LogP contribution in [0.3, 0.4) is 0 Å². The van der Waals surface area contributed by atoms with E-state index < -0.39 is 0 Å². The molecule has 0 aromatic carbocycles. The lowest BCUT2D eigenvalue weighted by Crippen LogP contribution is -1.74. The van der Waals surface area contributed by atoms with Crippen molar-refractivity contribution in [2.75, 3.05) is 0 Å². The summed E-state index contributed by atoms with van der Waals surface area (Å²) in [6.45, 7) is 0. The summed E-state index contributed by atoms with van der Waals surface area (Å²) in [5.41, 5.74) is 0.831. The molecule has 0 saturated heterocycles. The monoisotopic (exact) mass is 146 g/mol. The van der Waals surface area contributed by atoms with Crippen molar-refractivity contribution in [1.29, 1.82) is 0 Å². The third kappa shape index (κ3) is 1.10. The summed E-state index contributed by atoms with van der Waals surface area (Å²) in [5, 5.41) is 6.72. The van der Waals surface area contributed by atoms with Crippen molar-refractivity contribution in [3.63, 3.8) is 0 Å². The quantitative estimate of drug-likeness (QED) is 0.600. The van der Waals surface area contributed by atoms with Crippen LogP contribution < -0.4 is 0 Å². The van der Waals surface area contributed by atoms with E-state index in [-0.39, 0.29) is 0 Å². The standard InChI is InChI=1S/C7H4N3O/c1-2-6(4-8-3-1)7-5-9-10-11-7/h1-4H. The van der Waals surface area contributed by atoms with Crippen molar-refractivity contribution in [3.8, 4) is 11.3 Å². The molecule has 0 bridgehead atoms. The van der Waals surface area contributed by atoms with E-state index in [1.165, 1.54) is 0 Å². The van der Waals surface area contributed by atoms with Crippen molar-refractivity contribution in [1.82, 2.24) is 15.4 Å². The molecule has 0 atom stereocenters. The molecule has 0 fully saturated rings. The molecule has 0 saturated carbocycles. The van der Waals surface area contributed by atoms with Gasteiger partial charge < -0.3 is 4.52 Å². The Morgan fingerprint density at radius 1 is 1.45 bits per heavy atom. The molecule has 2 rings (SSSR count). The molecule has 2 aromatic heterocycles. The fraction of sp³-hybridized carbons (Fsp3) is 0. The Bertz CT molecular complexity index is 317. The van der Waals surface area contributed by atoms with Gasteiger partial charge in [-0.15, -0.1) is 5.10 Å². The van der Waals surface area contributed by atoms with Crippen LogP contribution in [-0.2, 0) is 0 Å². The molecule has 4 heteroatoms. The van der Waals surface area contributed by atoms with Gasteiger partial charge in [-0.25, -0.2) is 0 Å². The van der Waals surface area contributed by atoms with Crippen molar-refractivity contribution in [2.24, 2.45) is 0 Å². The van der Waals surface area contributed by atoms with E-state index in [4.69, 9.17) is 4.52 Å². The molecular formula is C7H4N3O. The molecule has 0 aliphatic heterocycles. The number of hydrogen-bond donors (Lipinski definition) is 0. The van der Waals surface area contributed by atoms with Crippen LogP contribution >= 0.6 is 0 Å². The minimum absolute atomic E-state index is 0.512. The lowest BCUT2D eigenvalue weighted by Gasteiger charge is -1.88. The maximum absolute atomic E-state index is 4.76. The highest BCUT2D eigenvalue weighted by Gasteiger charge is 2.00. The summed E-state index contributed by atoms with van der Waals surface area (Å²) in [5.74, 6) is 0.512. The number of nitrogens with zero attached hydrogens (tertiary/aromatic N) is 3. The summed E-state index contributed by atoms with van der Waals surface area (Å²) < 4.78 is 4.76. The summed E-state index contributed by atoms with van der Waals surface area (Å²) in [4.78, 5) is 3.91. The lowest BCUT2D eigenvalue weighted by molar-refractivity contribution is 0.403. The van der Waals surface area contributed by atoms with E-state index in [2.05, 4.69) is 21.6 Å². The minimum Gasteiger partial charge on any atom is -0.336 e. The van der Waals surface area contributed by atoms with Crippen LogP contribution in [0.2, 0.25) is 0 Å². The SMILES string of the molecule is [c]1nnoc1-c1cccnc1. The third-order valence-corrected chi connectivity index (χ3v) is 1.25. The summed E-state index contributed by atoms with van der Waals surface area (Å²) in [6, 6.07) is 3.66. The Hall–Kier alpha value is -1.71. The van der Waals surface area contributed by atoms with E-state index in [9.17, 15) is 0 Å². The topological polar surface area (TPSA) is 51.8 Å². The first-order valence-corrected chi connectivity index (χ1v) is 3.07. The Labute approximate surface area is 62.9 Å². The van der Waals surface area contributed by atoms with Gasteiger partial charge in [-0.3, -0.25) is 4.98 Å². The highest BCUT2D eigenvalue weighted by atomic mass is 16.5. The molecule has 2 aromatic rings. The van der Waals surface area contributed by atoms with Gasteiger partial charge in [0.25, 0.3) is 0 Å². The predicted octanol–water partition coefficient (Wildman–Crippen LogP) is 0.932. The summed E-state index contributed by atoms with van der Waals surface area (Å²) in [6.07, 6.45) is 5.94. The van der Waals surface area contributed by atoms with Gasteiger partial charge in [0.05, 0.1) is 0 Å². The Morgan fingerprint density at radius 3 is 3.09 bits per heavy atom. The second-order valence-electron chi connectivity index (χ2n) is 1.96. The average molecular weight is 146 g/mol. The van der Waals surface area contributed by atoms with Gasteiger partial charge >= 0.3 is 0 Å². The van der Waals surface area contributed by atoms with Crippen molar-refractivity contribution >= 4 is 0 Å². The minimum atomic E-state index is 0.512. The number of aromatic nitrogens is 3. The average Bonchev–Trinajstić information content (AvgIpc) is 2.58. The molecule has 0 unspecified atom stereocenters. The van der Waals surface area contributed by atoms with Gasteiger partial charge in [0, 0.05) is 23.2 Å². The fourth-order valence-electron chi connectivity index (χ4n) is 0.762. The number of pyridine rings is 1. The maximum atomic E-state index is 4.76. The van der Waals surface area contributed by atoms with E-state index in [1.54, 1.807) is 12.4 Å². The van der Waals surface area contributed by atoms with E-state index in [1.807, 2.05) is 12.1 Å². The van der Waals surface area contributed by atoms with Crippen molar-refractivity contribution in [3.05, 3.63) is 30.7 Å². The highest BCUT2D eigenvalue weighted by molar-refractivity contribution is 5.52. The van der Waals surface area contributed by atoms with Crippen LogP contribution in [0.5, 0.6) is 0 Å². The molecule has 2 heterocycles. The van der Waals surface area contributed by atoms with E-state index in [0.717, 1.165) is 5.56 Å². The van der Waals surface area contributed by atoms with Gasteiger partial charge in [0.1, 0.15) is 0 Å². The molecule has 0 N–H and O–H groups in total. The van der Waals surface area contributed by atoms with Gasteiger partial charge in [-0.05, 0) is 12.1 Å². The summed E-state index contributed by atoms with van der Waals surface area (Å²) >= 11 is 0. The van der Waals surface area contributed by atoms with Gasteiger partial charge in [0.2, 0.25) is 0 Å². The lowest BCUT2D eigenvalue weighted by atomic mass is 10.2. The first-order chi connectivity index (χ1) is 5.47. The Kier molecular flexibility index (Phi) is 1.37. The first kappa shape index (κ1) is 6.03. The second-order valence-corrected chi connectivity index (χ2v) is 1.96. The van der Waals surface area contributed by atoms with E-state index in [0.29, 0.717) is 5.76 Å². The second kappa shape index (κ2) is 2.49. The maximum Gasteiger partial charge on any atom is 0.198 e. The molecule has 1 radical (unpaired) electrons. The molecule has 11 heavy (non-hydrogen) atoms. The van der Waals surface area contributed by atoms with Crippen LogP contribution in [0.1, 0.15) is 0 Å². The van der Waals surface area contributed by atoms with Crippen LogP contribution in [0, 0.1) is 6.20 Å². The molecular weight excluding hydrogens is 142 g/mol. The molecule has 0 aliphatic rings. The van der Waals surface area contributed by atoms with Crippen molar-refractivity contribution < 1.29 is 4.52 Å². The molecule has 0 amide bonds. The molecule has 0 spiro atoms.